The van der Waals surface area contributed by atoms with Gasteiger partial charge in [0.15, 0.2) is 24.8 Å². The average Bonchev–Trinajstić information content (AvgIpc) is 3.24. The third kappa shape index (κ3) is 14.8. The van der Waals surface area contributed by atoms with Crippen molar-refractivity contribution in [1.29, 1.82) is 0 Å². The van der Waals surface area contributed by atoms with Crippen LogP contribution in [0.1, 0.15) is 145 Å². The van der Waals surface area contributed by atoms with E-state index in [1.165, 1.54) is 64.2 Å². The molecule has 4 aromatic carbocycles. The molecular formula is C48H58O8. The Balaban J connectivity index is 1.26. The van der Waals surface area contributed by atoms with Gasteiger partial charge in [-0.25, -0.2) is 9.59 Å². The van der Waals surface area contributed by atoms with Crippen molar-refractivity contribution in [2.75, 3.05) is 26.4 Å². The van der Waals surface area contributed by atoms with E-state index in [0.29, 0.717) is 47.0 Å². The standard InChI is InChI=1S/C48H58O8/c1-3-5-7-9-11-13-19-33-53-39-29-25-37(26-30-39)45(49)35-55-47(51)43-23-17-15-21-41(43)42-22-16-18-24-44(42)48(52)56-36-46(50)38-27-31-40(32-28-38)54-34-20-14-12-10-8-6-4-2/h15-18,21-32H,3-14,19-20,33-36H2,1-2H3. The van der Waals surface area contributed by atoms with Gasteiger partial charge in [0, 0.05) is 11.1 Å². The van der Waals surface area contributed by atoms with Crippen molar-refractivity contribution in [1.82, 2.24) is 0 Å². The Morgan fingerprint density at radius 2 is 0.750 bits per heavy atom. The molecule has 0 unspecified atom stereocenters. The van der Waals surface area contributed by atoms with Gasteiger partial charge in [0.05, 0.1) is 24.3 Å². The predicted octanol–water partition coefficient (Wildman–Crippen LogP) is 11.7. The van der Waals surface area contributed by atoms with Crippen LogP contribution in [0.25, 0.3) is 11.1 Å². The summed E-state index contributed by atoms with van der Waals surface area (Å²) in [7, 11) is 0. The highest BCUT2D eigenvalue weighted by molar-refractivity contribution is 6.05. The first-order valence-corrected chi connectivity index (χ1v) is 20.5. The van der Waals surface area contributed by atoms with Crippen LogP contribution in [0.5, 0.6) is 11.5 Å². The molecule has 0 spiro atoms. The molecule has 56 heavy (non-hydrogen) atoms. The van der Waals surface area contributed by atoms with Crippen LogP contribution >= 0.6 is 0 Å². The van der Waals surface area contributed by atoms with Gasteiger partial charge in [-0.05, 0) is 84.6 Å². The third-order valence-corrected chi connectivity index (χ3v) is 9.64. The summed E-state index contributed by atoms with van der Waals surface area (Å²) >= 11 is 0. The van der Waals surface area contributed by atoms with Crippen molar-refractivity contribution in [2.24, 2.45) is 0 Å². The molecule has 4 rings (SSSR count). The first-order valence-electron chi connectivity index (χ1n) is 20.5. The molecule has 0 radical (unpaired) electrons. The molecule has 0 aliphatic heterocycles. The van der Waals surface area contributed by atoms with Crippen molar-refractivity contribution in [3.8, 4) is 22.6 Å². The molecule has 8 heteroatoms. The number of ether oxygens (including phenoxy) is 4. The first-order chi connectivity index (χ1) is 27.4. The maximum atomic E-state index is 13.3. The van der Waals surface area contributed by atoms with Crippen LogP contribution in [0, 0.1) is 0 Å². The Bertz CT molecular complexity index is 1660. The van der Waals surface area contributed by atoms with Crippen LogP contribution in [0.4, 0.5) is 0 Å². The van der Waals surface area contributed by atoms with Crippen LogP contribution < -0.4 is 9.47 Å². The number of hydrogen-bond donors (Lipinski definition) is 0. The third-order valence-electron chi connectivity index (χ3n) is 9.64. The zero-order valence-electron chi connectivity index (χ0n) is 33.2. The Hall–Kier alpha value is -5.24. The molecule has 0 bridgehead atoms. The Kier molecular flexibility index (Phi) is 19.4. The minimum Gasteiger partial charge on any atom is -0.494 e. The van der Waals surface area contributed by atoms with E-state index in [2.05, 4.69) is 13.8 Å². The molecule has 4 aromatic rings. The highest BCUT2D eigenvalue weighted by Crippen LogP contribution is 2.29. The lowest BCUT2D eigenvalue weighted by molar-refractivity contribution is 0.0470. The van der Waals surface area contributed by atoms with E-state index in [9.17, 15) is 19.2 Å². The fourth-order valence-corrected chi connectivity index (χ4v) is 6.35. The number of hydrogen-bond acceptors (Lipinski definition) is 8. The molecule has 0 aliphatic carbocycles. The van der Waals surface area contributed by atoms with E-state index in [4.69, 9.17) is 18.9 Å². The zero-order chi connectivity index (χ0) is 39.8. The van der Waals surface area contributed by atoms with Gasteiger partial charge in [0.2, 0.25) is 0 Å². The Morgan fingerprint density at radius 1 is 0.411 bits per heavy atom. The van der Waals surface area contributed by atoms with Gasteiger partial charge in [-0.3, -0.25) is 9.59 Å². The molecule has 0 aliphatic rings. The summed E-state index contributed by atoms with van der Waals surface area (Å²) in [6, 6.07) is 27.0. The van der Waals surface area contributed by atoms with Gasteiger partial charge in [-0.1, -0.05) is 127 Å². The minimum atomic E-state index is -0.711. The van der Waals surface area contributed by atoms with Crippen LogP contribution in [-0.4, -0.2) is 49.9 Å². The van der Waals surface area contributed by atoms with Crippen molar-refractivity contribution >= 4 is 23.5 Å². The van der Waals surface area contributed by atoms with E-state index in [1.54, 1.807) is 97.1 Å². The molecule has 0 saturated carbocycles. The summed E-state index contributed by atoms with van der Waals surface area (Å²) in [6.07, 6.45) is 16.8. The monoisotopic (exact) mass is 762 g/mol. The van der Waals surface area contributed by atoms with Crippen LogP contribution in [-0.2, 0) is 9.47 Å². The van der Waals surface area contributed by atoms with Gasteiger partial charge in [0.1, 0.15) is 11.5 Å². The number of Topliss-reactive ketones (excluding diaryl/α,β-unsaturated/α-hetero) is 2. The maximum absolute atomic E-state index is 13.3. The van der Waals surface area contributed by atoms with Gasteiger partial charge in [-0.2, -0.15) is 0 Å². The fourth-order valence-electron chi connectivity index (χ4n) is 6.35. The van der Waals surface area contributed by atoms with Crippen LogP contribution in [0.3, 0.4) is 0 Å². The summed E-state index contributed by atoms with van der Waals surface area (Å²) in [6.45, 7) is 4.77. The zero-order valence-corrected chi connectivity index (χ0v) is 33.2. The normalized spacial score (nSPS) is 10.8. The number of carbonyl (C=O) groups excluding carboxylic acids is 4. The average molecular weight is 763 g/mol. The number of rotatable bonds is 27. The van der Waals surface area contributed by atoms with Gasteiger partial charge < -0.3 is 18.9 Å². The van der Waals surface area contributed by atoms with Crippen molar-refractivity contribution in [3.63, 3.8) is 0 Å². The molecule has 0 saturated heterocycles. The van der Waals surface area contributed by atoms with Crippen LogP contribution in [0.15, 0.2) is 97.1 Å². The summed E-state index contributed by atoms with van der Waals surface area (Å²) in [5.74, 6) is -0.752. The topological polar surface area (TPSA) is 105 Å². The number of esters is 2. The largest absolute Gasteiger partial charge is 0.494 e. The van der Waals surface area contributed by atoms with Gasteiger partial charge >= 0.3 is 11.9 Å². The summed E-state index contributed by atoms with van der Waals surface area (Å²) < 4.78 is 22.6. The molecule has 0 N–H and O–H groups in total. The molecule has 0 aromatic heterocycles. The second kappa shape index (κ2) is 25.0. The van der Waals surface area contributed by atoms with E-state index in [1.807, 2.05) is 0 Å². The predicted molar refractivity (Wildman–Crippen MR) is 221 cm³/mol. The maximum Gasteiger partial charge on any atom is 0.339 e. The number of carbonyl (C=O) groups is 4. The van der Waals surface area contributed by atoms with Crippen molar-refractivity contribution in [3.05, 3.63) is 119 Å². The summed E-state index contributed by atoms with van der Waals surface area (Å²) in [5.41, 5.74) is 2.02. The van der Waals surface area contributed by atoms with Gasteiger partial charge in [0.25, 0.3) is 0 Å². The summed E-state index contributed by atoms with van der Waals surface area (Å²) in [4.78, 5) is 52.5. The van der Waals surface area contributed by atoms with E-state index in [0.717, 1.165) is 25.7 Å². The molecule has 0 amide bonds. The Morgan fingerprint density at radius 3 is 1.12 bits per heavy atom. The lowest BCUT2D eigenvalue weighted by Crippen LogP contribution is -2.16. The van der Waals surface area contributed by atoms with E-state index >= 15 is 0 Å². The lowest BCUT2D eigenvalue weighted by Gasteiger charge is -2.13. The molecular weight excluding hydrogens is 705 g/mol. The van der Waals surface area contributed by atoms with E-state index < -0.39 is 25.2 Å². The highest BCUT2D eigenvalue weighted by Gasteiger charge is 2.21. The molecule has 0 atom stereocenters. The quantitative estimate of drug-likeness (QED) is 0.0336. The SMILES string of the molecule is CCCCCCCCCOc1ccc(C(=O)COC(=O)c2ccccc2-c2ccccc2C(=O)OCC(=O)c2ccc(OCCCCCCCCC)cc2)cc1. The number of unbranched alkanes of at least 4 members (excludes halogenated alkanes) is 12. The molecule has 8 nitrogen and oxygen atoms in total. The van der Waals surface area contributed by atoms with Crippen molar-refractivity contribution in [2.45, 2.75) is 104 Å². The second-order valence-corrected chi connectivity index (χ2v) is 14.1. The minimum absolute atomic E-state index is 0.181. The van der Waals surface area contributed by atoms with Crippen molar-refractivity contribution < 1.29 is 38.1 Å². The number of ketones is 2. The first kappa shape index (κ1) is 43.5. The Labute approximate surface area is 332 Å². The van der Waals surface area contributed by atoms with Gasteiger partial charge in [-0.15, -0.1) is 0 Å². The number of benzene rings is 4. The lowest BCUT2D eigenvalue weighted by atomic mass is 9.95. The highest BCUT2D eigenvalue weighted by atomic mass is 16.5. The second-order valence-electron chi connectivity index (χ2n) is 14.1. The molecule has 298 valence electrons. The smallest absolute Gasteiger partial charge is 0.339 e. The van der Waals surface area contributed by atoms with Crippen LogP contribution in [0.2, 0.25) is 0 Å². The summed E-state index contributed by atoms with van der Waals surface area (Å²) in [5, 5.41) is 0. The van der Waals surface area contributed by atoms with E-state index in [-0.39, 0.29) is 22.7 Å². The molecule has 0 heterocycles. The fraction of sp³-hybridized carbons (Fsp3) is 0.417. The molecule has 0 fully saturated rings.